The summed E-state index contributed by atoms with van der Waals surface area (Å²) in [5.74, 6) is -0.159. The van der Waals surface area contributed by atoms with E-state index in [1.807, 2.05) is 39.8 Å². The lowest BCUT2D eigenvalue weighted by Crippen LogP contribution is -2.55. The lowest BCUT2D eigenvalue weighted by molar-refractivity contribution is -0.141. The largest absolute Gasteiger partial charge is 0.497 e. The van der Waals surface area contributed by atoms with Crippen LogP contribution in [-0.4, -0.2) is 56.6 Å². The lowest BCUT2D eigenvalue weighted by atomic mass is 10.1. The molecule has 10 heteroatoms. The Morgan fingerprint density at radius 3 is 2.19 bits per heavy atom. The number of sulfonamides is 1. The first-order chi connectivity index (χ1) is 16.7. The molecule has 2 aromatic carbocycles. The molecular weight excluding hydrogens is 502 g/mol. The van der Waals surface area contributed by atoms with Gasteiger partial charge in [-0.05, 0) is 69.5 Å². The topological polar surface area (TPSA) is 96.0 Å². The first-order valence-corrected chi connectivity index (χ1v) is 13.9. The molecule has 2 rings (SSSR count). The van der Waals surface area contributed by atoms with Gasteiger partial charge >= 0.3 is 0 Å². The molecular formula is C26H36ClN3O5S. The number of carbonyl (C=O) groups excluding carboxylic acids is 2. The minimum atomic E-state index is -3.83. The smallest absolute Gasteiger partial charge is 0.244 e. The number of nitrogens with zero attached hydrogens (tertiary/aromatic N) is 2. The standard InChI is InChI=1S/C26H36ClN3O5S/c1-8-23(25(32)28-26(3,4)5)29(16-19-10-13-21(35-6)14-11-19)24(31)17-30(36(7,33)34)20-12-9-18(2)22(27)15-20/h9-15,23H,8,16-17H2,1-7H3,(H,28,32)/t23-/m0/s1. The van der Waals surface area contributed by atoms with Gasteiger partial charge in [0, 0.05) is 17.1 Å². The summed E-state index contributed by atoms with van der Waals surface area (Å²) in [6.45, 7) is 8.84. The highest BCUT2D eigenvalue weighted by atomic mass is 35.5. The number of anilines is 1. The minimum Gasteiger partial charge on any atom is -0.497 e. The minimum absolute atomic E-state index is 0.116. The highest BCUT2D eigenvalue weighted by Gasteiger charge is 2.33. The number of hydrogen-bond acceptors (Lipinski definition) is 5. The second kappa shape index (κ2) is 12.0. The van der Waals surface area contributed by atoms with Crippen molar-refractivity contribution in [2.24, 2.45) is 0 Å². The van der Waals surface area contributed by atoms with E-state index in [0.29, 0.717) is 17.2 Å². The fourth-order valence-electron chi connectivity index (χ4n) is 3.65. The van der Waals surface area contributed by atoms with Gasteiger partial charge in [0.15, 0.2) is 0 Å². The summed E-state index contributed by atoms with van der Waals surface area (Å²) in [5.41, 5.74) is 1.33. The van der Waals surface area contributed by atoms with E-state index in [2.05, 4.69) is 5.32 Å². The van der Waals surface area contributed by atoms with Crippen molar-refractivity contribution in [2.45, 2.75) is 59.2 Å². The Balaban J connectivity index is 2.47. The zero-order valence-corrected chi connectivity index (χ0v) is 23.5. The number of halogens is 1. The van der Waals surface area contributed by atoms with Crippen molar-refractivity contribution >= 4 is 39.1 Å². The molecule has 0 heterocycles. The fourth-order valence-corrected chi connectivity index (χ4v) is 4.67. The van der Waals surface area contributed by atoms with Crippen molar-refractivity contribution in [3.05, 3.63) is 58.6 Å². The van der Waals surface area contributed by atoms with Crippen molar-refractivity contribution in [1.29, 1.82) is 0 Å². The van der Waals surface area contributed by atoms with Crippen LogP contribution >= 0.6 is 11.6 Å². The highest BCUT2D eigenvalue weighted by Crippen LogP contribution is 2.26. The van der Waals surface area contributed by atoms with Gasteiger partial charge in [-0.15, -0.1) is 0 Å². The quantitative estimate of drug-likeness (QED) is 0.491. The third kappa shape index (κ3) is 8.13. The Morgan fingerprint density at radius 2 is 1.72 bits per heavy atom. The average Bonchev–Trinajstić information content (AvgIpc) is 2.77. The lowest BCUT2D eigenvalue weighted by Gasteiger charge is -2.34. The molecule has 0 bridgehead atoms. The Hall–Kier alpha value is -2.78. The van der Waals surface area contributed by atoms with E-state index in [-0.39, 0.29) is 18.1 Å². The molecule has 1 atom stereocenters. The van der Waals surface area contributed by atoms with E-state index in [1.165, 1.54) is 11.0 Å². The number of rotatable bonds is 10. The van der Waals surface area contributed by atoms with Crippen LogP contribution in [0.25, 0.3) is 0 Å². The number of hydrogen-bond donors (Lipinski definition) is 1. The Labute approximate surface area is 219 Å². The molecule has 0 spiro atoms. The molecule has 36 heavy (non-hydrogen) atoms. The first-order valence-electron chi connectivity index (χ1n) is 11.6. The van der Waals surface area contributed by atoms with Crippen LogP contribution in [0.3, 0.4) is 0 Å². The number of aryl methyl sites for hydroxylation is 1. The molecule has 0 unspecified atom stereocenters. The summed E-state index contributed by atoms with van der Waals surface area (Å²) >= 11 is 6.24. The van der Waals surface area contributed by atoms with Gasteiger partial charge in [-0.25, -0.2) is 8.42 Å². The van der Waals surface area contributed by atoms with Crippen molar-refractivity contribution in [1.82, 2.24) is 10.2 Å². The Kier molecular flexibility index (Phi) is 9.79. The van der Waals surface area contributed by atoms with Crippen molar-refractivity contribution in [3.63, 3.8) is 0 Å². The van der Waals surface area contributed by atoms with E-state index < -0.39 is 34.1 Å². The predicted octanol–water partition coefficient (Wildman–Crippen LogP) is 4.15. The summed E-state index contributed by atoms with van der Waals surface area (Å²) in [4.78, 5) is 28.3. The fraction of sp³-hybridized carbons (Fsp3) is 0.462. The molecule has 0 aliphatic carbocycles. The molecule has 8 nitrogen and oxygen atoms in total. The molecule has 0 aliphatic heterocycles. The number of nitrogens with one attached hydrogen (secondary N) is 1. The van der Waals surface area contributed by atoms with Crippen LogP contribution in [0.2, 0.25) is 5.02 Å². The third-order valence-corrected chi connectivity index (χ3v) is 7.07. The van der Waals surface area contributed by atoms with Crippen molar-refractivity contribution in [3.8, 4) is 5.75 Å². The first kappa shape index (κ1) is 29.5. The molecule has 0 aliphatic rings. The Bertz CT molecular complexity index is 1180. The molecule has 198 valence electrons. The predicted molar refractivity (Wildman–Crippen MR) is 144 cm³/mol. The summed E-state index contributed by atoms with van der Waals surface area (Å²) in [5, 5.41) is 3.32. The zero-order valence-electron chi connectivity index (χ0n) is 22.0. The van der Waals surface area contributed by atoms with Crippen LogP contribution in [-0.2, 0) is 26.2 Å². The van der Waals surface area contributed by atoms with Crippen LogP contribution in [0.1, 0.15) is 45.2 Å². The van der Waals surface area contributed by atoms with Gasteiger partial charge in [-0.3, -0.25) is 13.9 Å². The van der Waals surface area contributed by atoms with E-state index in [4.69, 9.17) is 16.3 Å². The van der Waals surface area contributed by atoms with Crippen molar-refractivity contribution < 1.29 is 22.7 Å². The van der Waals surface area contributed by atoms with Gasteiger partial charge in [-0.2, -0.15) is 0 Å². The van der Waals surface area contributed by atoms with Gasteiger partial charge in [0.1, 0.15) is 18.3 Å². The van der Waals surface area contributed by atoms with E-state index >= 15 is 0 Å². The monoisotopic (exact) mass is 537 g/mol. The van der Waals surface area contributed by atoms with Gasteiger partial charge < -0.3 is 15.0 Å². The van der Waals surface area contributed by atoms with Gasteiger partial charge in [0.25, 0.3) is 0 Å². The van der Waals surface area contributed by atoms with E-state index in [9.17, 15) is 18.0 Å². The summed E-state index contributed by atoms with van der Waals surface area (Å²) in [6.07, 6.45) is 1.38. The van der Waals surface area contributed by atoms with E-state index in [1.54, 1.807) is 38.3 Å². The SMILES string of the molecule is CC[C@@H](C(=O)NC(C)(C)C)N(Cc1ccc(OC)cc1)C(=O)CN(c1ccc(C)c(Cl)c1)S(C)(=O)=O. The average molecular weight is 538 g/mol. The number of ether oxygens (including phenoxy) is 1. The number of carbonyl (C=O) groups is 2. The van der Waals surface area contributed by atoms with Gasteiger partial charge in [-0.1, -0.05) is 36.7 Å². The molecule has 1 N–H and O–H groups in total. The van der Waals surface area contributed by atoms with Crippen LogP contribution in [0.5, 0.6) is 5.75 Å². The maximum absolute atomic E-state index is 13.7. The number of methoxy groups -OCH3 is 1. The molecule has 2 amide bonds. The molecule has 0 aromatic heterocycles. The number of benzene rings is 2. The third-order valence-electron chi connectivity index (χ3n) is 5.52. The zero-order chi connectivity index (χ0) is 27.3. The summed E-state index contributed by atoms with van der Waals surface area (Å²) < 4.78 is 31.6. The van der Waals surface area contributed by atoms with E-state index in [0.717, 1.165) is 21.7 Å². The van der Waals surface area contributed by atoms with Gasteiger partial charge in [0.2, 0.25) is 21.8 Å². The second-order valence-electron chi connectivity index (χ2n) is 9.74. The second-order valence-corrected chi connectivity index (χ2v) is 12.1. The summed E-state index contributed by atoms with van der Waals surface area (Å²) in [7, 11) is -2.27. The molecule has 0 radical (unpaired) electrons. The maximum atomic E-state index is 13.7. The molecule has 0 saturated carbocycles. The molecule has 0 saturated heterocycles. The highest BCUT2D eigenvalue weighted by molar-refractivity contribution is 7.92. The van der Waals surface area contributed by atoms with Crippen LogP contribution < -0.4 is 14.4 Å². The molecule has 2 aromatic rings. The van der Waals surface area contributed by atoms with Crippen molar-refractivity contribution in [2.75, 3.05) is 24.2 Å². The number of amides is 2. The maximum Gasteiger partial charge on any atom is 0.244 e. The Morgan fingerprint density at radius 1 is 1.11 bits per heavy atom. The molecule has 0 fully saturated rings. The van der Waals surface area contributed by atoms with Crippen LogP contribution in [0.15, 0.2) is 42.5 Å². The van der Waals surface area contributed by atoms with Gasteiger partial charge in [0.05, 0.1) is 19.1 Å². The van der Waals surface area contributed by atoms with Crippen LogP contribution in [0, 0.1) is 6.92 Å². The summed E-state index contributed by atoms with van der Waals surface area (Å²) in [6, 6.07) is 11.2. The normalized spacial score (nSPS) is 12.6. The van der Waals surface area contributed by atoms with Crippen LogP contribution in [0.4, 0.5) is 5.69 Å².